The second-order valence-corrected chi connectivity index (χ2v) is 17.0. The first-order valence-electron chi connectivity index (χ1n) is 21.5. The Bertz CT molecular complexity index is 2380. The van der Waals surface area contributed by atoms with Gasteiger partial charge in [-0.25, -0.2) is 15.0 Å². The van der Waals surface area contributed by atoms with Crippen LogP contribution in [0.4, 0.5) is 0 Å². The minimum Gasteiger partial charge on any atom is -0.304 e. The van der Waals surface area contributed by atoms with Crippen LogP contribution in [0.3, 0.4) is 0 Å². The first-order chi connectivity index (χ1) is 28.9. The minimum atomic E-state index is -0.267. The molecule has 8 rings (SSSR count). The molecular formula is C52H54IrN7-. The molecule has 0 amide bonds. The SMILES string of the molecule is CC(C)(C)c1nc(-c2ccc(-c3[c-]cc4c(c3)C(CCCCCCc3ccccn3)(CCCCCCc3ccccn3)c3ccccc3-4)nc2)nc(-c2ccccn2)n1.[Ir]. The third kappa shape index (κ3) is 10.00. The van der Waals surface area contributed by atoms with Crippen LogP contribution < -0.4 is 0 Å². The van der Waals surface area contributed by atoms with E-state index in [-0.39, 0.29) is 30.9 Å². The standard InChI is InChI=1S/C52H54N7.Ir/c1-51(2,3)50-58-48(57-49(59-50)47-26-14-19-35-55-47)39-28-30-46(56-37-39)38-27-29-43-42-24-10-11-25-44(42)52(45(43)36-38,31-15-6-4-8-20-40-22-12-17-33-53-40)32-16-7-5-9-21-41-23-13-18-34-54-41;/h10-14,17-19,22-26,28-30,33-37H,4-9,15-16,20-21,31-32H2,1-3H3;/q-1;. The number of hydrogen-bond acceptors (Lipinski definition) is 7. The van der Waals surface area contributed by atoms with Gasteiger partial charge >= 0.3 is 0 Å². The van der Waals surface area contributed by atoms with Gasteiger partial charge in [-0.3, -0.25) is 15.0 Å². The number of rotatable bonds is 17. The van der Waals surface area contributed by atoms with Gasteiger partial charge in [0.1, 0.15) is 11.5 Å². The van der Waals surface area contributed by atoms with E-state index >= 15 is 0 Å². The summed E-state index contributed by atoms with van der Waals surface area (Å²) in [6, 6.07) is 39.8. The van der Waals surface area contributed by atoms with Gasteiger partial charge in [0.2, 0.25) is 0 Å². The molecule has 5 heterocycles. The Morgan fingerprint density at radius 2 is 1.15 bits per heavy atom. The molecule has 7 aromatic rings. The van der Waals surface area contributed by atoms with Crippen LogP contribution in [0.25, 0.3) is 45.3 Å². The molecule has 0 spiro atoms. The van der Waals surface area contributed by atoms with Crippen molar-refractivity contribution in [3.8, 4) is 45.3 Å². The number of benzene rings is 2. The van der Waals surface area contributed by atoms with Gasteiger partial charge < -0.3 is 4.98 Å². The van der Waals surface area contributed by atoms with Crippen molar-refractivity contribution in [1.82, 2.24) is 34.9 Å². The zero-order valence-corrected chi connectivity index (χ0v) is 37.5. The Morgan fingerprint density at radius 1 is 0.533 bits per heavy atom. The van der Waals surface area contributed by atoms with Crippen molar-refractivity contribution in [2.24, 2.45) is 0 Å². The molecule has 8 heteroatoms. The van der Waals surface area contributed by atoms with Gasteiger partial charge in [-0.1, -0.05) is 125 Å². The van der Waals surface area contributed by atoms with E-state index in [2.05, 4.69) is 115 Å². The summed E-state index contributed by atoms with van der Waals surface area (Å²) >= 11 is 0. The number of unbranched alkanes of at least 4 members (excludes halogenated alkanes) is 6. The molecule has 307 valence electrons. The topological polar surface area (TPSA) is 90.2 Å². The largest absolute Gasteiger partial charge is 0.304 e. The van der Waals surface area contributed by atoms with Crippen molar-refractivity contribution in [1.29, 1.82) is 0 Å². The molecule has 60 heavy (non-hydrogen) atoms. The van der Waals surface area contributed by atoms with Crippen molar-refractivity contribution < 1.29 is 20.1 Å². The molecule has 1 radical (unpaired) electrons. The maximum absolute atomic E-state index is 5.03. The Balaban J connectivity index is 0.00000544. The van der Waals surface area contributed by atoms with Crippen molar-refractivity contribution in [2.75, 3.05) is 0 Å². The Labute approximate surface area is 369 Å². The molecule has 0 unspecified atom stereocenters. The predicted molar refractivity (Wildman–Crippen MR) is 238 cm³/mol. The summed E-state index contributed by atoms with van der Waals surface area (Å²) in [4.78, 5) is 33.2. The number of aryl methyl sites for hydroxylation is 2. The summed E-state index contributed by atoms with van der Waals surface area (Å²) in [6.45, 7) is 6.35. The molecule has 0 saturated carbocycles. The summed E-state index contributed by atoms with van der Waals surface area (Å²) in [7, 11) is 0. The fourth-order valence-electron chi connectivity index (χ4n) is 8.60. The Kier molecular flexibility index (Phi) is 14.2. The molecule has 0 N–H and O–H groups in total. The molecule has 2 aromatic carbocycles. The summed E-state index contributed by atoms with van der Waals surface area (Å²) in [6.07, 6.45) is 21.3. The molecule has 1 aliphatic rings. The zero-order valence-electron chi connectivity index (χ0n) is 35.1. The molecule has 0 fully saturated rings. The maximum atomic E-state index is 5.03. The van der Waals surface area contributed by atoms with Crippen LogP contribution in [0.15, 0.2) is 128 Å². The zero-order chi connectivity index (χ0) is 40.5. The average Bonchev–Trinajstić information content (AvgIpc) is 3.55. The van der Waals surface area contributed by atoms with E-state index in [0.29, 0.717) is 11.6 Å². The van der Waals surface area contributed by atoms with Gasteiger partial charge in [0.15, 0.2) is 11.6 Å². The van der Waals surface area contributed by atoms with E-state index in [0.717, 1.165) is 54.0 Å². The van der Waals surface area contributed by atoms with Gasteiger partial charge in [-0.2, -0.15) is 0 Å². The van der Waals surface area contributed by atoms with E-state index in [9.17, 15) is 0 Å². The van der Waals surface area contributed by atoms with Gasteiger partial charge in [-0.15, -0.1) is 29.3 Å². The molecule has 0 saturated heterocycles. The second kappa shape index (κ2) is 19.8. The van der Waals surface area contributed by atoms with Crippen LogP contribution in [0.2, 0.25) is 0 Å². The molecule has 5 aromatic heterocycles. The number of hydrogen-bond donors (Lipinski definition) is 0. The van der Waals surface area contributed by atoms with Gasteiger partial charge in [0.05, 0.1) is 0 Å². The van der Waals surface area contributed by atoms with Crippen LogP contribution in [0, 0.1) is 6.07 Å². The first-order valence-corrected chi connectivity index (χ1v) is 21.5. The van der Waals surface area contributed by atoms with Crippen molar-refractivity contribution in [3.05, 3.63) is 162 Å². The van der Waals surface area contributed by atoms with Crippen LogP contribution >= 0.6 is 0 Å². The van der Waals surface area contributed by atoms with Crippen LogP contribution in [-0.4, -0.2) is 34.9 Å². The summed E-state index contributed by atoms with van der Waals surface area (Å²) in [5.74, 6) is 1.88. The monoisotopic (exact) mass is 969 g/mol. The summed E-state index contributed by atoms with van der Waals surface area (Å²) < 4.78 is 0. The number of aromatic nitrogens is 7. The summed E-state index contributed by atoms with van der Waals surface area (Å²) in [5.41, 5.74) is 11.1. The number of pyridine rings is 4. The smallest absolute Gasteiger partial charge is 0.182 e. The Morgan fingerprint density at radius 3 is 1.75 bits per heavy atom. The number of fused-ring (bicyclic) bond motifs is 3. The molecule has 1 aliphatic carbocycles. The number of nitrogens with zero attached hydrogens (tertiary/aromatic N) is 7. The first kappa shape index (κ1) is 42.8. The molecule has 0 aliphatic heterocycles. The predicted octanol–water partition coefficient (Wildman–Crippen LogP) is 12.2. The third-order valence-corrected chi connectivity index (χ3v) is 11.7. The molecular weight excluding hydrogens is 915 g/mol. The van der Waals surface area contributed by atoms with Crippen molar-refractivity contribution in [3.63, 3.8) is 0 Å². The van der Waals surface area contributed by atoms with E-state index in [1.54, 1.807) is 6.20 Å². The van der Waals surface area contributed by atoms with Gasteiger partial charge in [-0.05, 0) is 86.2 Å². The maximum Gasteiger partial charge on any atom is 0.182 e. The average molecular weight is 969 g/mol. The second-order valence-electron chi connectivity index (χ2n) is 17.0. The fourth-order valence-corrected chi connectivity index (χ4v) is 8.60. The molecule has 0 bridgehead atoms. The Hall–Kier alpha value is -5.30. The fraction of sp³-hybridized carbons (Fsp3) is 0.327. The van der Waals surface area contributed by atoms with Crippen molar-refractivity contribution in [2.45, 2.75) is 109 Å². The van der Waals surface area contributed by atoms with Crippen LogP contribution in [0.1, 0.15) is 113 Å². The van der Waals surface area contributed by atoms with E-state index in [1.165, 1.54) is 85.0 Å². The van der Waals surface area contributed by atoms with E-state index < -0.39 is 0 Å². The van der Waals surface area contributed by atoms with Crippen LogP contribution in [0.5, 0.6) is 0 Å². The van der Waals surface area contributed by atoms with E-state index in [4.69, 9.17) is 19.9 Å². The third-order valence-electron chi connectivity index (χ3n) is 11.7. The van der Waals surface area contributed by atoms with Crippen LogP contribution in [-0.2, 0) is 43.8 Å². The van der Waals surface area contributed by atoms with Gasteiger partial charge in [0.25, 0.3) is 0 Å². The van der Waals surface area contributed by atoms with E-state index in [1.807, 2.05) is 48.9 Å². The van der Waals surface area contributed by atoms with Gasteiger partial charge in [0, 0.05) is 72.7 Å². The quantitative estimate of drug-likeness (QED) is 0.0663. The molecule has 7 nitrogen and oxygen atoms in total. The summed E-state index contributed by atoms with van der Waals surface area (Å²) in [5, 5.41) is 0. The normalized spacial score (nSPS) is 12.7. The molecule has 0 atom stereocenters. The van der Waals surface area contributed by atoms with Crippen molar-refractivity contribution >= 4 is 0 Å². The minimum absolute atomic E-state index is 0.